The van der Waals surface area contributed by atoms with Crippen LogP contribution >= 0.6 is 11.6 Å². The van der Waals surface area contributed by atoms with E-state index in [1.165, 1.54) is 4.90 Å². The summed E-state index contributed by atoms with van der Waals surface area (Å²) in [6, 6.07) is 17.0. The molecule has 28 heavy (non-hydrogen) atoms. The monoisotopic (exact) mass is 396 g/mol. The van der Waals surface area contributed by atoms with Gasteiger partial charge in [-0.05, 0) is 24.3 Å². The van der Waals surface area contributed by atoms with Crippen molar-refractivity contribution in [3.05, 3.63) is 71.4 Å². The molecule has 0 radical (unpaired) electrons. The number of para-hydroxylation sites is 1. The zero-order valence-electron chi connectivity index (χ0n) is 15.7. The van der Waals surface area contributed by atoms with Gasteiger partial charge >= 0.3 is 0 Å². The predicted octanol–water partition coefficient (Wildman–Crippen LogP) is 2.94. The molecule has 0 saturated carbocycles. The van der Waals surface area contributed by atoms with Crippen molar-refractivity contribution < 1.29 is 9.59 Å². The molecular formula is C21H21ClN4O2. The molecule has 1 heterocycles. The number of carbonyl (C=O) groups excluding carboxylic acids is 2. The van der Waals surface area contributed by atoms with E-state index in [0.717, 1.165) is 16.8 Å². The van der Waals surface area contributed by atoms with Crippen LogP contribution in [0.4, 0.5) is 0 Å². The summed E-state index contributed by atoms with van der Waals surface area (Å²) in [4.78, 5) is 25.5. The molecule has 0 unspecified atom stereocenters. The van der Waals surface area contributed by atoms with E-state index in [-0.39, 0.29) is 24.8 Å². The number of likely N-dealkylation sites (N-methyl/N-ethyl adjacent to an activating group) is 1. The van der Waals surface area contributed by atoms with E-state index >= 15 is 0 Å². The van der Waals surface area contributed by atoms with E-state index in [9.17, 15) is 9.59 Å². The Morgan fingerprint density at radius 1 is 1.07 bits per heavy atom. The summed E-state index contributed by atoms with van der Waals surface area (Å²) >= 11 is 6.00. The molecule has 2 aromatic carbocycles. The Hall–Kier alpha value is -3.12. The number of nitrogens with one attached hydrogen (secondary N) is 1. The van der Waals surface area contributed by atoms with Crippen molar-refractivity contribution in [3.63, 3.8) is 0 Å². The van der Waals surface area contributed by atoms with Gasteiger partial charge in [-0.1, -0.05) is 41.9 Å². The quantitative estimate of drug-likeness (QED) is 0.696. The molecule has 0 bridgehead atoms. The topological polar surface area (TPSA) is 67.2 Å². The lowest BCUT2D eigenvalue weighted by molar-refractivity contribution is -0.130. The number of benzene rings is 2. The van der Waals surface area contributed by atoms with Crippen LogP contribution in [0.15, 0.2) is 60.8 Å². The van der Waals surface area contributed by atoms with Gasteiger partial charge in [0.2, 0.25) is 11.8 Å². The molecule has 2 amide bonds. The molecule has 144 valence electrons. The maximum atomic E-state index is 12.4. The largest absolute Gasteiger partial charge is 0.347 e. The molecule has 0 aliphatic carbocycles. The van der Waals surface area contributed by atoms with E-state index < -0.39 is 0 Å². The number of nitrogens with zero attached hydrogens (tertiary/aromatic N) is 3. The number of aromatic nitrogens is 2. The highest BCUT2D eigenvalue weighted by Gasteiger charge is 2.16. The third-order valence-electron chi connectivity index (χ3n) is 4.22. The highest BCUT2D eigenvalue weighted by atomic mass is 35.5. The number of amides is 2. The number of hydrogen-bond acceptors (Lipinski definition) is 3. The van der Waals surface area contributed by atoms with Crippen LogP contribution in [0.25, 0.3) is 16.9 Å². The minimum atomic E-state index is -0.238. The normalized spacial score (nSPS) is 10.5. The summed E-state index contributed by atoms with van der Waals surface area (Å²) in [5.41, 5.74) is 3.23. The van der Waals surface area contributed by atoms with Crippen molar-refractivity contribution in [3.8, 4) is 16.9 Å². The van der Waals surface area contributed by atoms with E-state index in [1.807, 2.05) is 48.7 Å². The molecule has 0 atom stereocenters. The lowest BCUT2D eigenvalue weighted by atomic mass is 10.1. The zero-order chi connectivity index (χ0) is 20.1. The van der Waals surface area contributed by atoms with Crippen LogP contribution in [0.3, 0.4) is 0 Å². The molecular weight excluding hydrogens is 376 g/mol. The fourth-order valence-corrected chi connectivity index (χ4v) is 2.80. The number of hydrogen-bond donors (Lipinski definition) is 1. The summed E-state index contributed by atoms with van der Waals surface area (Å²) in [6.45, 7) is -0.0328. The minimum absolute atomic E-state index is 0.0328. The highest BCUT2D eigenvalue weighted by Crippen LogP contribution is 2.25. The van der Waals surface area contributed by atoms with Crippen molar-refractivity contribution in [1.29, 1.82) is 0 Å². The zero-order valence-corrected chi connectivity index (χ0v) is 16.5. The number of halogens is 1. The van der Waals surface area contributed by atoms with Crippen molar-refractivity contribution in [2.75, 3.05) is 20.6 Å². The molecule has 0 spiro atoms. The first-order chi connectivity index (χ1) is 13.4. The van der Waals surface area contributed by atoms with Gasteiger partial charge in [-0.15, -0.1) is 0 Å². The van der Waals surface area contributed by atoms with E-state index in [1.54, 1.807) is 30.9 Å². The van der Waals surface area contributed by atoms with Gasteiger partial charge in [-0.25, -0.2) is 4.68 Å². The molecule has 0 aliphatic rings. The van der Waals surface area contributed by atoms with E-state index in [2.05, 4.69) is 10.4 Å². The van der Waals surface area contributed by atoms with Crippen LogP contribution in [-0.4, -0.2) is 47.1 Å². The fourth-order valence-electron chi connectivity index (χ4n) is 2.67. The summed E-state index contributed by atoms with van der Waals surface area (Å²) < 4.78 is 1.75. The summed E-state index contributed by atoms with van der Waals surface area (Å²) in [7, 11) is 3.30. The van der Waals surface area contributed by atoms with Gasteiger partial charge in [-0.2, -0.15) is 5.10 Å². The summed E-state index contributed by atoms with van der Waals surface area (Å²) in [5.74, 6) is -0.399. The average molecular weight is 397 g/mol. The Bertz CT molecular complexity index is 966. The van der Waals surface area contributed by atoms with Gasteiger partial charge < -0.3 is 10.2 Å². The SMILES string of the molecule is CN(C)C(=O)CNC(=O)Cc1cn(-c2ccccc2)nc1-c1ccc(Cl)cc1. The molecule has 3 aromatic rings. The molecule has 0 saturated heterocycles. The van der Waals surface area contributed by atoms with E-state index in [4.69, 9.17) is 11.6 Å². The second kappa shape index (κ2) is 8.71. The molecule has 0 aliphatic heterocycles. The lowest BCUT2D eigenvalue weighted by Crippen LogP contribution is -2.36. The second-order valence-electron chi connectivity index (χ2n) is 6.53. The predicted molar refractivity (Wildman–Crippen MR) is 109 cm³/mol. The van der Waals surface area contributed by atoms with Gasteiger partial charge in [0, 0.05) is 36.4 Å². The van der Waals surface area contributed by atoms with Crippen LogP contribution in [0, 0.1) is 0 Å². The fraction of sp³-hybridized carbons (Fsp3) is 0.190. The molecule has 1 N–H and O–H groups in total. The minimum Gasteiger partial charge on any atom is -0.347 e. The standard InChI is InChI=1S/C21H21ClN4O2/c1-25(2)20(28)13-23-19(27)12-16-14-26(18-6-4-3-5-7-18)24-21(16)15-8-10-17(22)11-9-15/h3-11,14H,12-13H2,1-2H3,(H,23,27). The first-order valence-corrected chi connectivity index (χ1v) is 9.18. The Labute approximate surface area is 168 Å². The van der Waals surface area contributed by atoms with Crippen LogP contribution in [-0.2, 0) is 16.0 Å². The Morgan fingerprint density at radius 3 is 2.39 bits per heavy atom. The average Bonchev–Trinajstić information content (AvgIpc) is 3.11. The first kappa shape index (κ1) is 19.6. The van der Waals surface area contributed by atoms with Crippen molar-refractivity contribution >= 4 is 23.4 Å². The molecule has 6 nitrogen and oxygen atoms in total. The van der Waals surface area contributed by atoms with Crippen LogP contribution in [0.5, 0.6) is 0 Å². The van der Waals surface area contributed by atoms with Crippen molar-refractivity contribution in [2.45, 2.75) is 6.42 Å². The second-order valence-corrected chi connectivity index (χ2v) is 6.97. The van der Waals surface area contributed by atoms with Crippen molar-refractivity contribution in [2.24, 2.45) is 0 Å². The van der Waals surface area contributed by atoms with Gasteiger partial charge in [0.15, 0.2) is 0 Å². The highest BCUT2D eigenvalue weighted by molar-refractivity contribution is 6.30. The number of rotatable bonds is 6. The maximum absolute atomic E-state index is 12.4. The maximum Gasteiger partial charge on any atom is 0.241 e. The first-order valence-electron chi connectivity index (χ1n) is 8.81. The van der Waals surface area contributed by atoms with Gasteiger partial charge in [0.05, 0.1) is 24.3 Å². The van der Waals surface area contributed by atoms with Gasteiger partial charge in [-0.3, -0.25) is 9.59 Å². The summed E-state index contributed by atoms with van der Waals surface area (Å²) in [5, 5.41) is 7.97. The third-order valence-corrected chi connectivity index (χ3v) is 4.47. The molecule has 3 rings (SSSR count). The van der Waals surface area contributed by atoms with E-state index in [0.29, 0.717) is 10.7 Å². The lowest BCUT2D eigenvalue weighted by Gasteiger charge is -2.10. The molecule has 7 heteroatoms. The van der Waals surface area contributed by atoms with Crippen LogP contribution in [0.2, 0.25) is 5.02 Å². The smallest absolute Gasteiger partial charge is 0.241 e. The Kier molecular flexibility index (Phi) is 6.11. The molecule has 1 aromatic heterocycles. The summed E-state index contributed by atoms with van der Waals surface area (Å²) in [6.07, 6.45) is 1.96. The Balaban J connectivity index is 1.87. The Morgan fingerprint density at radius 2 is 1.75 bits per heavy atom. The van der Waals surface area contributed by atoms with Gasteiger partial charge in [0.25, 0.3) is 0 Å². The van der Waals surface area contributed by atoms with Crippen molar-refractivity contribution in [1.82, 2.24) is 20.0 Å². The van der Waals surface area contributed by atoms with Crippen LogP contribution < -0.4 is 5.32 Å². The number of carbonyl (C=O) groups is 2. The third kappa shape index (κ3) is 4.78. The molecule has 0 fully saturated rings. The van der Waals surface area contributed by atoms with Gasteiger partial charge in [0.1, 0.15) is 0 Å². The van der Waals surface area contributed by atoms with Crippen LogP contribution in [0.1, 0.15) is 5.56 Å².